The molecule has 1 aliphatic rings. The van der Waals surface area contributed by atoms with Crippen molar-refractivity contribution in [2.75, 3.05) is 32.6 Å². The lowest BCUT2D eigenvalue weighted by Crippen LogP contribution is -2.36. The molecule has 1 fully saturated rings. The fraction of sp³-hybridized carbons (Fsp3) is 0.571. The number of anilines is 1. The van der Waals surface area contributed by atoms with E-state index in [9.17, 15) is 19.2 Å². The smallest absolute Gasteiger partial charge is 0.338 e. The average Bonchev–Trinajstić information content (AvgIpc) is 3.62. The first kappa shape index (κ1) is 55.5. The summed E-state index contributed by atoms with van der Waals surface area (Å²) in [6, 6.07) is 15.8. The number of carbonyl (C=O) groups is 4. The van der Waals surface area contributed by atoms with E-state index in [4.69, 9.17) is 36.3 Å². The molecule has 2 N–H and O–H groups in total. The summed E-state index contributed by atoms with van der Waals surface area (Å²) in [5.41, 5.74) is 10.4. The van der Waals surface area contributed by atoms with Gasteiger partial charge in [-0.15, -0.1) is 0 Å². The van der Waals surface area contributed by atoms with Gasteiger partial charge in [-0.3, -0.25) is 23.9 Å². The molecule has 0 saturated heterocycles. The molecular weight excluding hydrogens is 958 g/mol. The monoisotopic (exact) mass is 1030 g/mol. The molecule has 1 saturated carbocycles. The van der Waals surface area contributed by atoms with Crippen molar-refractivity contribution < 1.29 is 38.1 Å². The molecule has 3 aromatic carbocycles. The van der Waals surface area contributed by atoms with Gasteiger partial charge in [0.05, 0.1) is 30.3 Å². The molecule has 1 heterocycles. The Balaban J connectivity index is 1.21. The van der Waals surface area contributed by atoms with E-state index in [0.29, 0.717) is 67.7 Å². The number of halogens is 2. The quantitative estimate of drug-likeness (QED) is 0.0232. The van der Waals surface area contributed by atoms with Gasteiger partial charge in [0.1, 0.15) is 19.0 Å². The number of rotatable bonds is 30. The summed E-state index contributed by atoms with van der Waals surface area (Å²) < 4.78 is 25.1. The van der Waals surface area contributed by atoms with Gasteiger partial charge in [0.2, 0.25) is 0 Å². The Morgan fingerprint density at radius 2 is 1.36 bits per heavy atom. The van der Waals surface area contributed by atoms with Gasteiger partial charge in [-0.05, 0) is 114 Å². The van der Waals surface area contributed by atoms with Crippen LogP contribution in [-0.4, -0.2) is 72.3 Å². The Bertz CT molecular complexity index is 2260. The summed E-state index contributed by atoms with van der Waals surface area (Å²) in [4.78, 5) is 57.1. The highest BCUT2D eigenvalue weighted by Crippen LogP contribution is 2.33. The van der Waals surface area contributed by atoms with Gasteiger partial charge in [0, 0.05) is 45.1 Å². The number of fused-ring (bicyclic) bond motifs is 1. The van der Waals surface area contributed by atoms with Crippen LogP contribution in [0, 0.1) is 6.92 Å². The maximum absolute atomic E-state index is 14.0. The van der Waals surface area contributed by atoms with Crippen LogP contribution in [0.1, 0.15) is 186 Å². The number of hydrogen-bond acceptors (Lipinski definition) is 10. The molecule has 4 aromatic rings. The highest BCUT2D eigenvalue weighted by atomic mass is 79.9. The van der Waals surface area contributed by atoms with Gasteiger partial charge < -0.3 is 24.7 Å². The van der Waals surface area contributed by atoms with Gasteiger partial charge in [0.25, 0.3) is 5.91 Å². The van der Waals surface area contributed by atoms with Gasteiger partial charge in [-0.2, -0.15) is 0 Å². The van der Waals surface area contributed by atoms with Crippen LogP contribution < -0.4 is 10.5 Å². The molecule has 0 aliphatic heterocycles. The minimum Gasteiger partial charge on any atom is -0.497 e. The van der Waals surface area contributed by atoms with Crippen LogP contribution >= 0.6 is 27.5 Å². The maximum Gasteiger partial charge on any atom is 0.338 e. The summed E-state index contributed by atoms with van der Waals surface area (Å²) in [6.45, 7) is 6.94. The number of methoxy groups -OCH3 is 1. The third-order valence-corrected chi connectivity index (χ3v) is 14.5. The van der Waals surface area contributed by atoms with Crippen molar-refractivity contribution >= 4 is 67.9 Å². The van der Waals surface area contributed by atoms with Crippen molar-refractivity contribution in [3.05, 3.63) is 92.0 Å². The van der Waals surface area contributed by atoms with Crippen molar-refractivity contribution in [1.29, 1.82) is 0 Å². The molecule has 378 valence electrons. The molecule has 0 radical (unpaired) electrons. The third-order valence-electron chi connectivity index (χ3n) is 13.6. The summed E-state index contributed by atoms with van der Waals surface area (Å²) in [6.07, 6.45) is 23.2. The number of aromatic nitrogens is 1. The lowest BCUT2D eigenvalue weighted by Gasteiger charge is -2.34. The van der Waals surface area contributed by atoms with E-state index in [1.54, 1.807) is 73.2 Å². The van der Waals surface area contributed by atoms with Gasteiger partial charge in [-0.1, -0.05) is 135 Å². The molecule has 1 unspecified atom stereocenters. The van der Waals surface area contributed by atoms with Gasteiger partial charge in [-0.25, -0.2) is 4.79 Å². The van der Waals surface area contributed by atoms with Crippen LogP contribution in [0.5, 0.6) is 5.75 Å². The lowest BCUT2D eigenvalue weighted by molar-refractivity contribution is -0.152. The zero-order valence-corrected chi connectivity index (χ0v) is 44.1. The van der Waals surface area contributed by atoms with E-state index >= 15 is 0 Å². The van der Waals surface area contributed by atoms with Crippen molar-refractivity contribution in [2.24, 2.45) is 0 Å². The number of unbranched alkanes of at least 4 members (excludes halogenated alkanes) is 14. The Morgan fingerprint density at radius 3 is 1.96 bits per heavy atom. The van der Waals surface area contributed by atoms with Crippen LogP contribution in [-0.2, 0) is 36.8 Å². The summed E-state index contributed by atoms with van der Waals surface area (Å²) in [5, 5.41) is 1.16. The number of carbonyl (C=O) groups excluding carboxylic acids is 4. The minimum atomic E-state index is -1.10. The van der Waals surface area contributed by atoms with E-state index in [2.05, 4.69) is 34.7 Å². The third kappa shape index (κ3) is 17.5. The predicted molar refractivity (Wildman–Crippen MR) is 280 cm³/mol. The minimum absolute atomic E-state index is 0.195. The molecule has 0 amide bonds. The van der Waals surface area contributed by atoms with E-state index < -0.39 is 24.0 Å². The summed E-state index contributed by atoms with van der Waals surface area (Å²) in [5.74, 6) is -1.42. The largest absolute Gasteiger partial charge is 0.497 e. The molecule has 0 spiro atoms. The number of esters is 3. The van der Waals surface area contributed by atoms with Gasteiger partial charge >= 0.3 is 17.9 Å². The number of nitrogens with two attached hydrogens (primary N) is 1. The SMILES string of the molecule is CCCCCCCCCCCCCCCCCC(=O)OCC(COC(=O)Cc1c(C)n(C(=O)c2ccc(Cl)cc2)c2ccc(OC)cc12)OC(=O)c1cc(Br)c(N)c(CN(CC)C2CCCCC2)c1. The fourth-order valence-corrected chi connectivity index (χ4v) is 10.1. The van der Waals surface area contributed by atoms with Crippen molar-refractivity contribution in [3.63, 3.8) is 0 Å². The Kier molecular flexibility index (Phi) is 23.9. The molecule has 1 atom stereocenters. The number of ether oxygens (including phenoxy) is 4. The van der Waals surface area contributed by atoms with Crippen LogP contribution in [0.2, 0.25) is 5.02 Å². The average molecular weight is 1040 g/mol. The van der Waals surface area contributed by atoms with Crippen LogP contribution in [0.4, 0.5) is 5.69 Å². The number of benzene rings is 3. The van der Waals surface area contributed by atoms with Crippen molar-refractivity contribution in [3.8, 4) is 5.75 Å². The molecule has 11 nitrogen and oxygen atoms in total. The fourth-order valence-electron chi connectivity index (χ4n) is 9.50. The zero-order valence-electron chi connectivity index (χ0n) is 41.7. The first-order chi connectivity index (χ1) is 33.4. The Morgan fingerprint density at radius 1 is 0.768 bits per heavy atom. The lowest BCUT2D eigenvalue weighted by atomic mass is 9.93. The Labute approximate surface area is 424 Å². The van der Waals surface area contributed by atoms with E-state index in [0.717, 1.165) is 44.2 Å². The predicted octanol–water partition coefficient (Wildman–Crippen LogP) is 13.9. The summed E-state index contributed by atoms with van der Waals surface area (Å²) in [7, 11) is 1.55. The van der Waals surface area contributed by atoms with Crippen molar-refractivity contribution in [2.45, 2.75) is 181 Å². The molecule has 13 heteroatoms. The molecule has 1 aromatic heterocycles. The van der Waals surface area contributed by atoms with Crippen molar-refractivity contribution in [1.82, 2.24) is 9.47 Å². The van der Waals surface area contributed by atoms with Crippen LogP contribution in [0.15, 0.2) is 59.1 Å². The zero-order chi connectivity index (χ0) is 49.5. The number of nitrogen functional groups attached to an aromatic ring is 1. The van der Waals surface area contributed by atoms with E-state index in [-0.39, 0.29) is 37.5 Å². The molecule has 5 rings (SSSR count). The standard InChI is InChI=1S/C56H77BrClN3O8/c1-5-7-8-9-10-11-12-13-14-15-16-17-18-19-23-26-52(62)67-38-47(69-56(65)42-33-43(54(59)50(57)34-42)37-60(6-2)45-24-21-20-22-25-45)39-68-53(63)36-48-40(3)61(51-32-31-46(66-4)35-49(48)51)55(64)41-27-29-44(58)30-28-41/h27-35,45,47H,5-26,36-39,59H2,1-4H3. The second kappa shape index (κ2) is 29.7. The van der Waals surface area contributed by atoms with Crippen LogP contribution in [0.3, 0.4) is 0 Å². The van der Waals surface area contributed by atoms with Crippen LogP contribution in [0.25, 0.3) is 10.9 Å². The molecule has 1 aliphatic carbocycles. The first-order valence-corrected chi connectivity index (χ1v) is 26.9. The second-order valence-corrected chi connectivity index (χ2v) is 20.0. The van der Waals surface area contributed by atoms with E-state index in [1.807, 2.05) is 0 Å². The summed E-state index contributed by atoms with van der Waals surface area (Å²) >= 11 is 9.69. The molecule has 69 heavy (non-hydrogen) atoms. The first-order valence-electron chi connectivity index (χ1n) is 25.8. The molecular formula is C56H77BrClN3O8. The Hall–Kier alpha value is -4.39. The molecule has 0 bridgehead atoms. The highest BCUT2D eigenvalue weighted by Gasteiger charge is 2.27. The highest BCUT2D eigenvalue weighted by molar-refractivity contribution is 9.10. The van der Waals surface area contributed by atoms with Gasteiger partial charge in [0.15, 0.2) is 6.10 Å². The maximum atomic E-state index is 14.0. The number of nitrogens with zero attached hydrogens (tertiary/aromatic N) is 2. The second-order valence-electron chi connectivity index (χ2n) is 18.8. The number of hydrogen-bond donors (Lipinski definition) is 1. The normalized spacial score (nSPS) is 13.4. The topological polar surface area (TPSA) is 139 Å². The van der Waals surface area contributed by atoms with E-state index in [1.165, 1.54) is 89.9 Å².